The number of aliphatic carboxylic acids is 1. The number of amides is 1. The molecule has 1 aromatic rings. The number of benzene rings is 1. The van der Waals surface area contributed by atoms with Crippen LogP contribution in [0.3, 0.4) is 0 Å². The number of carboxylic acid groups (broad SMARTS) is 1. The summed E-state index contributed by atoms with van der Waals surface area (Å²) >= 11 is 0. The predicted molar refractivity (Wildman–Crippen MR) is 78.7 cm³/mol. The van der Waals surface area contributed by atoms with Gasteiger partial charge in [0.15, 0.2) is 0 Å². The minimum absolute atomic E-state index is 0.148. The Hall–Kier alpha value is -1.91. The minimum Gasteiger partial charge on any atom is -0.481 e. The van der Waals surface area contributed by atoms with E-state index >= 15 is 0 Å². The van der Waals surface area contributed by atoms with Gasteiger partial charge in [-0.15, -0.1) is 0 Å². The lowest BCUT2D eigenvalue weighted by atomic mass is 9.96. The molecule has 1 unspecified atom stereocenters. The molecule has 0 spiro atoms. The zero-order valence-electron chi connectivity index (χ0n) is 12.5. The van der Waals surface area contributed by atoms with E-state index in [-0.39, 0.29) is 18.2 Å². The summed E-state index contributed by atoms with van der Waals surface area (Å²) in [4.78, 5) is 22.5. The van der Waals surface area contributed by atoms with E-state index in [0.717, 1.165) is 12.8 Å². The van der Waals surface area contributed by atoms with Gasteiger partial charge in [0.1, 0.15) is 5.82 Å². The molecule has 0 aliphatic carbocycles. The van der Waals surface area contributed by atoms with Crippen LogP contribution < -0.4 is 5.32 Å². The van der Waals surface area contributed by atoms with Crippen LogP contribution in [0, 0.1) is 18.7 Å². The number of rotatable bonds is 8. The van der Waals surface area contributed by atoms with E-state index < -0.39 is 11.8 Å². The Morgan fingerprint density at radius 1 is 1.29 bits per heavy atom. The third-order valence-electron chi connectivity index (χ3n) is 3.49. The summed E-state index contributed by atoms with van der Waals surface area (Å²) in [7, 11) is 0. The zero-order chi connectivity index (χ0) is 15.8. The first-order valence-corrected chi connectivity index (χ1v) is 7.19. The van der Waals surface area contributed by atoms with Crippen molar-refractivity contribution in [2.45, 2.75) is 39.5 Å². The molecule has 0 saturated carbocycles. The SMILES string of the molecule is CCC(CCNC(=O)c1cc(C)cc(F)c1)CCC(=O)O. The van der Waals surface area contributed by atoms with Crippen molar-refractivity contribution >= 4 is 11.9 Å². The largest absolute Gasteiger partial charge is 0.481 e. The lowest BCUT2D eigenvalue weighted by molar-refractivity contribution is -0.137. The summed E-state index contributed by atoms with van der Waals surface area (Å²) in [6.45, 7) is 4.20. The molecular weight excluding hydrogens is 273 g/mol. The van der Waals surface area contributed by atoms with Gasteiger partial charge in [0, 0.05) is 18.5 Å². The van der Waals surface area contributed by atoms with Crippen LogP contribution in [0.2, 0.25) is 0 Å². The number of aryl methyl sites for hydroxylation is 1. The topological polar surface area (TPSA) is 66.4 Å². The Morgan fingerprint density at radius 2 is 2.00 bits per heavy atom. The monoisotopic (exact) mass is 295 g/mol. The van der Waals surface area contributed by atoms with E-state index in [9.17, 15) is 14.0 Å². The summed E-state index contributed by atoms with van der Waals surface area (Å²) in [5, 5.41) is 11.4. The van der Waals surface area contributed by atoms with Crippen molar-refractivity contribution in [2.24, 2.45) is 5.92 Å². The van der Waals surface area contributed by atoms with Crippen molar-refractivity contribution in [2.75, 3.05) is 6.54 Å². The van der Waals surface area contributed by atoms with Gasteiger partial charge in [-0.25, -0.2) is 4.39 Å². The maximum atomic E-state index is 13.2. The van der Waals surface area contributed by atoms with Gasteiger partial charge in [-0.2, -0.15) is 0 Å². The van der Waals surface area contributed by atoms with Crippen LogP contribution in [0.25, 0.3) is 0 Å². The van der Waals surface area contributed by atoms with Crippen molar-refractivity contribution in [1.82, 2.24) is 5.32 Å². The van der Waals surface area contributed by atoms with Crippen molar-refractivity contribution in [1.29, 1.82) is 0 Å². The molecule has 0 saturated heterocycles. The lowest BCUT2D eigenvalue weighted by Gasteiger charge is -2.14. The molecule has 1 atom stereocenters. The van der Waals surface area contributed by atoms with Gasteiger partial charge in [0.25, 0.3) is 5.91 Å². The lowest BCUT2D eigenvalue weighted by Crippen LogP contribution is -2.26. The molecule has 0 fully saturated rings. The summed E-state index contributed by atoms with van der Waals surface area (Å²) in [6, 6.07) is 4.22. The fraction of sp³-hybridized carbons (Fsp3) is 0.500. The number of halogens is 1. The Labute approximate surface area is 124 Å². The Balaban J connectivity index is 2.43. The van der Waals surface area contributed by atoms with Crippen LogP contribution in [0.4, 0.5) is 4.39 Å². The number of nitrogens with one attached hydrogen (secondary N) is 1. The van der Waals surface area contributed by atoms with Gasteiger partial charge in [-0.1, -0.05) is 13.3 Å². The van der Waals surface area contributed by atoms with Crippen LogP contribution in [-0.4, -0.2) is 23.5 Å². The Morgan fingerprint density at radius 3 is 2.57 bits per heavy atom. The highest BCUT2D eigenvalue weighted by Gasteiger charge is 2.11. The molecule has 1 amide bonds. The second-order valence-electron chi connectivity index (χ2n) is 5.27. The molecular formula is C16H22FNO3. The normalized spacial score (nSPS) is 12.0. The first-order valence-electron chi connectivity index (χ1n) is 7.19. The standard InChI is InChI=1S/C16H22FNO3/c1-3-12(4-5-15(19)20)6-7-18-16(21)13-8-11(2)9-14(17)10-13/h8-10,12H,3-7H2,1-2H3,(H,18,21)(H,19,20). The molecule has 0 heterocycles. The van der Waals surface area contributed by atoms with Crippen molar-refractivity contribution in [3.63, 3.8) is 0 Å². The third kappa shape index (κ3) is 6.38. The highest BCUT2D eigenvalue weighted by atomic mass is 19.1. The summed E-state index contributed by atoms with van der Waals surface area (Å²) < 4.78 is 13.2. The van der Waals surface area contributed by atoms with E-state index in [1.54, 1.807) is 13.0 Å². The highest BCUT2D eigenvalue weighted by Crippen LogP contribution is 2.15. The third-order valence-corrected chi connectivity index (χ3v) is 3.49. The second-order valence-corrected chi connectivity index (χ2v) is 5.27. The summed E-state index contributed by atoms with van der Waals surface area (Å²) in [5.74, 6) is -1.25. The number of hydrogen-bond acceptors (Lipinski definition) is 2. The molecule has 1 aromatic carbocycles. The van der Waals surface area contributed by atoms with Gasteiger partial charge in [-0.05, 0) is 49.4 Å². The van der Waals surface area contributed by atoms with Crippen LogP contribution >= 0.6 is 0 Å². The molecule has 0 aliphatic rings. The van der Waals surface area contributed by atoms with Crippen LogP contribution in [0.5, 0.6) is 0 Å². The first kappa shape index (κ1) is 17.1. The van der Waals surface area contributed by atoms with Crippen LogP contribution in [0.1, 0.15) is 48.5 Å². The molecule has 21 heavy (non-hydrogen) atoms. The number of carbonyl (C=O) groups excluding carboxylic acids is 1. The van der Waals surface area contributed by atoms with E-state index in [0.29, 0.717) is 24.1 Å². The maximum absolute atomic E-state index is 13.2. The zero-order valence-corrected chi connectivity index (χ0v) is 12.5. The van der Waals surface area contributed by atoms with Crippen molar-refractivity contribution < 1.29 is 19.1 Å². The molecule has 0 bridgehead atoms. The Bertz CT molecular complexity index is 482. The van der Waals surface area contributed by atoms with Gasteiger partial charge in [0.2, 0.25) is 0 Å². The molecule has 2 N–H and O–H groups in total. The molecule has 5 heteroatoms. The number of carbonyl (C=O) groups is 2. The summed E-state index contributed by atoms with van der Waals surface area (Å²) in [5.41, 5.74) is 1.01. The van der Waals surface area contributed by atoms with E-state index in [1.807, 2.05) is 6.92 Å². The van der Waals surface area contributed by atoms with Gasteiger partial charge in [-0.3, -0.25) is 9.59 Å². The Kier molecular flexibility index (Phi) is 6.85. The molecule has 0 aromatic heterocycles. The fourth-order valence-corrected chi connectivity index (χ4v) is 2.24. The number of carboxylic acids is 1. The molecule has 0 radical (unpaired) electrons. The first-order chi connectivity index (χ1) is 9.92. The molecule has 0 aliphatic heterocycles. The molecule has 1 rings (SSSR count). The fourth-order valence-electron chi connectivity index (χ4n) is 2.24. The van der Waals surface area contributed by atoms with E-state index in [1.165, 1.54) is 12.1 Å². The highest BCUT2D eigenvalue weighted by molar-refractivity contribution is 5.94. The molecule has 116 valence electrons. The second kappa shape index (κ2) is 8.39. The van der Waals surface area contributed by atoms with Crippen LogP contribution in [-0.2, 0) is 4.79 Å². The van der Waals surface area contributed by atoms with Gasteiger partial charge < -0.3 is 10.4 Å². The maximum Gasteiger partial charge on any atom is 0.303 e. The number of hydrogen-bond donors (Lipinski definition) is 2. The van der Waals surface area contributed by atoms with E-state index in [4.69, 9.17) is 5.11 Å². The van der Waals surface area contributed by atoms with Crippen molar-refractivity contribution in [3.8, 4) is 0 Å². The quantitative estimate of drug-likeness (QED) is 0.774. The minimum atomic E-state index is -0.798. The molecule has 4 nitrogen and oxygen atoms in total. The van der Waals surface area contributed by atoms with Crippen LogP contribution in [0.15, 0.2) is 18.2 Å². The smallest absolute Gasteiger partial charge is 0.303 e. The van der Waals surface area contributed by atoms with Gasteiger partial charge in [0.05, 0.1) is 0 Å². The van der Waals surface area contributed by atoms with E-state index in [2.05, 4.69) is 5.32 Å². The average molecular weight is 295 g/mol. The average Bonchev–Trinajstić information content (AvgIpc) is 2.41. The van der Waals surface area contributed by atoms with Gasteiger partial charge >= 0.3 is 5.97 Å². The summed E-state index contributed by atoms with van der Waals surface area (Å²) in [6.07, 6.45) is 2.36. The predicted octanol–water partition coefficient (Wildman–Crippen LogP) is 3.15. The van der Waals surface area contributed by atoms with Crippen molar-refractivity contribution in [3.05, 3.63) is 35.1 Å².